The second-order valence-corrected chi connectivity index (χ2v) is 9.50. The first-order valence-corrected chi connectivity index (χ1v) is 11.3. The molecule has 4 rings (SSSR count). The van der Waals surface area contributed by atoms with Crippen LogP contribution in [0, 0.1) is 0 Å². The summed E-state index contributed by atoms with van der Waals surface area (Å²) in [5.41, 5.74) is 1.15. The highest BCUT2D eigenvalue weighted by Crippen LogP contribution is 2.24. The van der Waals surface area contributed by atoms with Gasteiger partial charge in [0.15, 0.2) is 0 Å². The number of likely N-dealkylation sites (N-methyl/N-ethyl adjacent to an activating group) is 1. The minimum atomic E-state index is -3.49. The summed E-state index contributed by atoms with van der Waals surface area (Å²) in [6.45, 7) is 4.58. The van der Waals surface area contributed by atoms with Crippen LogP contribution in [0.5, 0.6) is 0 Å². The number of nitrogens with zero attached hydrogens (tertiary/aromatic N) is 3. The van der Waals surface area contributed by atoms with Crippen molar-refractivity contribution in [2.45, 2.75) is 17.9 Å². The number of piperazine rings is 1. The average Bonchev–Trinajstić information content (AvgIpc) is 2.74. The SMILES string of the molecule is C[C@@H](Nc1ccc(S(=O)(=O)N2CCN(C)CC2)cn1)c1ccc2ccccc2c1. The molecule has 0 bridgehead atoms. The fourth-order valence-electron chi connectivity index (χ4n) is 3.58. The fraction of sp³-hybridized carbons (Fsp3) is 0.318. The van der Waals surface area contributed by atoms with Gasteiger partial charge in [-0.15, -0.1) is 0 Å². The molecule has 1 N–H and O–H groups in total. The Hall–Kier alpha value is -2.48. The number of sulfonamides is 1. The van der Waals surface area contributed by atoms with Crippen LogP contribution < -0.4 is 5.32 Å². The lowest BCUT2D eigenvalue weighted by Crippen LogP contribution is -2.47. The van der Waals surface area contributed by atoms with Crippen molar-refractivity contribution >= 4 is 26.6 Å². The van der Waals surface area contributed by atoms with Gasteiger partial charge in [0, 0.05) is 38.4 Å². The normalized spacial score (nSPS) is 17.3. The van der Waals surface area contributed by atoms with Crippen LogP contribution in [0.25, 0.3) is 10.8 Å². The third kappa shape index (κ3) is 4.27. The standard InChI is InChI=1S/C22H26N4O2S/c1-17(19-8-7-18-5-3-4-6-20(18)15-19)24-22-10-9-21(16-23-22)29(27,28)26-13-11-25(2)12-14-26/h3-10,15-17H,11-14H2,1-2H3,(H,23,24)/t17-/m1/s1. The van der Waals surface area contributed by atoms with Crippen molar-refractivity contribution < 1.29 is 8.42 Å². The first kappa shape index (κ1) is 19.8. The molecule has 3 aromatic rings. The number of pyridine rings is 1. The predicted octanol–water partition coefficient (Wildman–Crippen LogP) is 3.34. The van der Waals surface area contributed by atoms with E-state index in [4.69, 9.17) is 0 Å². The molecular weight excluding hydrogens is 384 g/mol. The van der Waals surface area contributed by atoms with E-state index < -0.39 is 10.0 Å². The van der Waals surface area contributed by atoms with Gasteiger partial charge in [0.25, 0.3) is 0 Å². The third-order valence-electron chi connectivity index (χ3n) is 5.47. The number of aromatic nitrogens is 1. The van der Waals surface area contributed by atoms with Crippen LogP contribution in [-0.4, -0.2) is 55.8 Å². The van der Waals surface area contributed by atoms with Gasteiger partial charge < -0.3 is 10.2 Å². The molecule has 1 fully saturated rings. The molecule has 0 saturated carbocycles. The van der Waals surface area contributed by atoms with E-state index in [0.717, 1.165) is 18.7 Å². The van der Waals surface area contributed by atoms with Crippen LogP contribution in [0.2, 0.25) is 0 Å². The van der Waals surface area contributed by atoms with Crippen molar-refractivity contribution in [3.05, 3.63) is 66.4 Å². The molecule has 1 saturated heterocycles. The van der Waals surface area contributed by atoms with Crippen molar-refractivity contribution in [2.24, 2.45) is 0 Å². The molecule has 2 aromatic carbocycles. The molecule has 1 aliphatic heterocycles. The first-order valence-electron chi connectivity index (χ1n) is 9.83. The van der Waals surface area contributed by atoms with Crippen molar-refractivity contribution in [2.75, 3.05) is 38.5 Å². The van der Waals surface area contributed by atoms with Gasteiger partial charge >= 0.3 is 0 Å². The van der Waals surface area contributed by atoms with Crippen LogP contribution in [0.4, 0.5) is 5.82 Å². The third-order valence-corrected chi connectivity index (χ3v) is 7.36. The van der Waals surface area contributed by atoms with Crippen molar-refractivity contribution in [3.8, 4) is 0 Å². The molecule has 0 amide bonds. The van der Waals surface area contributed by atoms with Crippen molar-refractivity contribution in [3.63, 3.8) is 0 Å². The minimum Gasteiger partial charge on any atom is -0.364 e. The Bertz CT molecular complexity index is 1090. The molecule has 1 aliphatic rings. The van der Waals surface area contributed by atoms with E-state index in [9.17, 15) is 8.42 Å². The summed E-state index contributed by atoms with van der Waals surface area (Å²) < 4.78 is 27.2. The van der Waals surface area contributed by atoms with E-state index >= 15 is 0 Å². The number of fused-ring (bicyclic) bond motifs is 1. The molecule has 0 aliphatic carbocycles. The monoisotopic (exact) mass is 410 g/mol. The van der Waals surface area contributed by atoms with E-state index in [0.29, 0.717) is 18.9 Å². The molecule has 1 atom stereocenters. The molecule has 2 heterocycles. The van der Waals surface area contributed by atoms with Crippen molar-refractivity contribution in [1.29, 1.82) is 0 Å². The molecule has 6 nitrogen and oxygen atoms in total. The molecule has 29 heavy (non-hydrogen) atoms. The number of rotatable bonds is 5. The Morgan fingerprint density at radius 2 is 1.69 bits per heavy atom. The van der Waals surface area contributed by atoms with Crippen LogP contribution in [0.1, 0.15) is 18.5 Å². The highest BCUT2D eigenvalue weighted by Gasteiger charge is 2.27. The number of nitrogens with one attached hydrogen (secondary N) is 1. The zero-order valence-corrected chi connectivity index (χ0v) is 17.6. The first-order chi connectivity index (χ1) is 13.9. The Balaban J connectivity index is 1.47. The van der Waals surface area contributed by atoms with Gasteiger partial charge in [-0.05, 0) is 48.5 Å². The quantitative estimate of drug-likeness (QED) is 0.699. The lowest BCUT2D eigenvalue weighted by atomic mass is 10.0. The number of anilines is 1. The lowest BCUT2D eigenvalue weighted by molar-refractivity contribution is 0.222. The Morgan fingerprint density at radius 3 is 2.38 bits per heavy atom. The van der Waals surface area contributed by atoms with E-state index in [1.54, 1.807) is 12.1 Å². The maximum Gasteiger partial charge on any atom is 0.244 e. The maximum absolute atomic E-state index is 12.8. The van der Waals surface area contributed by atoms with Crippen LogP contribution >= 0.6 is 0 Å². The second-order valence-electron chi connectivity index (χ2n) is 7.56. The van der Waals surface area contributed by atoms with Gasteiger partial charge in [-0.25, -0.2) is 13.4 Å². The summed E-state index contributed by atoms with van der Waals surface area (Å²) >= 11 is 0. The summed E-state index contributed by atoms with van der Waals surface area (Å²) in [6, 6.07) is 18.1. The maximum atomic E-state index is 12.8. The van der Waals surface area contributed by atoms with Gasteiger partial charge in [-0.1, -0.05) is 36.4 Å². The summed E-state index contributed by atoms with van der Waals surface area (Å²) in [6.07, 6.45) is 1.45. The van der Waals surface area contributed by atoms with Gasteiger partial charge in [0.05, 0.1) is 0 Å². The predicted molar refractivity (Wildman–Crippen MR) is 116 cm³/mol. The number of hydrogen-bond acceptors (Lipinski definition) is 5. The lowest BCUT2D eigenvalue weighted by Gasteiger charge is -2.31. The number of benzene rings is 2. The van der Waals surface area contributed by atoms with Gasteiger partial charge in [0.2, 0.25) is 10.0 Å². The number of hydrogen-bond donors (Lipinski definition) is 1. The van der Waals surface area contributed by atoms with Crippen LogP contribution in [0.15, 0.2) is 65.7 Å². The van der Waals surface area contributed by atoms with Crippen molar-refractivity contribution in [1.82, 2.24) is 14.2 Å². The van der Waals surface area contributed by atoms with Gasteiger partial charge in [-0.2, -0.15) is 4.31 Å². The van der Waals surface area contributed by atoms with Crippen LogP contribution in [0.3, 0.4) is 0 Å². The largest absolute Gasteiger partial charge is 0.364 e. The van der Waals surface area contributed by atoms with E-state index in [1.807, 2.05) is 19.2 Å². The molecule has 0 unspecified atom stereocenters. The van der Waals surface area contributed by atoms with E-state index in [1.165, 1.54) is 21.3 Å². The highest BCUT2D eigenvalue weighted by atomic mass is 32.2. The molecule has 7 heteroatoms. The van der Waals surface area contributed by atoms with Crippen LogP contribution in [-0.2, 0) is 10.0 Å². The smallest absolute Gasteiger partial charge is 0.244 e. The second kappa shape index (κ2) is 8.10. The van der Waals surface area contributed by atoms with E-state index in [2.05, 4.69) is 52.5 Å². The average molecular weight is 411 g/mol. The Morgan fingerprint density at radius 1 is 0.966 bits per heavy atom. The summed E-state index contributed by atoms with van der Waals surface area (Å²) in [5.74, 6) is 0.656. The molecule has 0 radical (unpaired) electrons. The summed E-state index contributed by atoms with van der Waals surface area (Å²) in [7, 11) is -1.49. The zero-order chi connectivity index (χ0) is 20.4. The fourth-order valence-corrected chi connectivity index (χ4v) is 4.95. The van der Waals surface area contributed by atoms with Gasteiger partial charge in [-0.3, -0.25) is 0 Å². The molecule has 152 valence electrons. The zero-order valence-electron chi connectivity index (χ0n) is 16.7. The molecular formula is C22H26N4O2S. The van der Waals surface area contributed by atoms with E-state index in [-0.39, 0.29) is 10.9 Å². The van der Waals surface area contributed by atoms with Gasteiger partial charge in [0.1, 0.15) is 10.7 Å². The highest BCUT2D eigenvalue weighted by molar-refractivity contribution is 7.89. The summed E-state index contributed by atoms with van der Waals surface area (Å²) in [5, 5.41) is 5.76. The Kier molecular flexibility index (Phi) is 5.54. The molecule has 1 aromatic heterocycles. The summed E-state index contributed by atoms with van der Waals surface area (Å²) in [4.78, 5) is 6.73. The Labute approximate surface area is 172 Å². The topological polar surface area (TPSA) is 65.5 Å². The minimum absolute atomic E-state index is 0.0483. The molecule has 0 spiro atoms.